The standard InChI is InChI=1S/C18H20O3/c1-10-6-13(7-11(2)18(10)20)12-4-5-14-15(8-12)17(21-3)9-16(14)19/h4-8,16-17,19-20H,9H2,1-3H3. The fourth-order valence-electron chi connectivity index (χ4n) is 3.14. The SMILES string of the molecule is COC1CC(O)c2ccc(-c3cc(C)c(O)c(C)c3)cc21. The first kappa shape index (κ1) is 14.1. The van der Waals surface area contributed by atoms with Crippen molar-refractivity contribution in [2.45, 2.75) is 32.5 Å². The van der Waals surface area contributed by atoms with Gasteiger partial charge in [-0.3, -0.25) is 0 Å². The van der Waals surface area contributed by atoms with Gasteiger partial charge in [-0.1, -0.05) is 12.1 Å². The number of hydrogen-bond donors (Lipinski definition) is 2. The summed E-state index contributed by atoms with van der Waals surface area (Å²) in [6.45, 7) is 3.81. The Morgan fingerprint density at radius 1 is 1.00 bits per heavy atom. The molecule has 0 saturated heterocycles. The number of methoxy groups -OCH3 is 1. The van der Waals surface area contributed by atoms with Gasteiger partial charge in [-0.05, 0) is 65.4 Å². The second-order valence-electron chi connectivity index (χ2n) is 5.78. The Balaban J connectivity index is 2.09. The number of rotatable bonds is 2. The molecule has 2 aromatic carbocycles. The molecule has 0 radical (unpaired) electrons. The smallest absolute Gasteiger partial charge is 0.121 e. The molecule has 1 aliphatic carbocycles. The summed E-state index contributed by atoms with van der Waals surface area (Å²) < 4.78 is 5.47. The van der Waals surface area contributed by atoms with Crippen molar-refractivity contribution in [1.29, 1.82) is 0 Å². The van der Waals surface area contributed by atoms with E-state index in [0.717, 1.165) is 33.4 Å². The van der Waals surface area contributed by atoms with E-state index in [0.29, 0.717) is 12.2 Å². The Hall–Kier alpha value is -1.84. The van der Waals surface area contributed by atoms with Gasteiger partial charge in [-0.2, -0.15) is 0 Å². The molecule has 2 aromatic rings. The molecule has 0 fully saturated rings. The lowest BCUT2D eigenvalue weighted by molar-refractivity contribution is 0.0659. The van der Waals surface area contributed by atoms with Gasteiger partial charge in [0.1, 0.15) is 5.75 Å². The lowest BCUT2D eigenvalue weighted by Crippen LogP contribution is -1.96. The molecule has 3 rings (SSSR count). The van der Waals surface area contributed by atoms with E-state index in [1.54, 1.807) is 7.11 Å². The van der Waals surface area contributed by atoms with Crippen molar-refractivity contribution in [2.24, 2.45) is 0 Å². The highest BCUT2D eigenvalue weighted by molar-refractivity contribution is 5.69. The van der Waals surface area contributed by atoms with Crippen LogP contribution in [0.5, 0.6) is 5.75 Å². The van der Waals surface area contributed by atoms with Crippen LogP contribution in [0.1, 0.15) is 40.9 Å². The van der Waals surface area contributed by atoms with Crippen LogP contribution < -0.4 is 0 Å². The van der Waals surface area contributed by atoms with Crippen LogP contribution in [-0.4, -0.2) is 17.3 Å². The summed E-state index contributed by atoms with van der Waals surface area (Å²) in [5, 5.41) is 20.0. The number of ether oxygens (including phenoxy) is 1. The van der Waals surface area contributed by atoms with Crippen molar-refractivity contribution < 1.29 is 14.9 Å². The summed E-state index contributed by atoms with van der Waals surface area (Å²) in [7, 11) is 1.67. The highest BCUT2D eigenvalue weighted by Gasteiger charge is 2.29. The molecular formula is C18H20O3. The number of aliphatic hydroxyl groups is 1. The zero-order chi connectivity index (χ0) is 15.1. The van der Waals surface area contributed by atoms with Crippen LogP contribution >= 0.6 is 0 Å². The molecule has 0 amide bonds. The molecule has 2 N–H and O–H groups in total. The Bertz CT molecular complexity index is 668. The number of phenols is 1. The molecule has 0 bridgehead atoms. The van der Waals surface area contributed by atoms with E-state index in [1.807, 2.05) is 38.1 Å². The van der Waals surface area contributed by atoms with E-state index >= 15 is 0 Å². The summed E-state index contributed by atoms with van der Waals surface area (Å²) in [4.78, 5) is 0. The van der Waals surface area contributed by atoms with Crippen molar-refractivity contribution in [1.82, 2.24) is 0 Å². The first-order valence-electron chi connectivity index (χ1n) is 7.16. The number of phenolic OH excluding ortho intramolecular Hbond substituents is 1. The minimum Gasteiger partial charge on any atom is -0.507 e. The highest BCUT2D eigenvalue weighted by Crippen LogP contribution is 2.42. The Morgan fingerprint density at radius 3 is 2.29 bits per heavy atom. The zero-order valence-corrected chi connectivity index (χ0v) is 12.6. The number of aryl methyl sites for hydroxylation is 2. The number of aromatic hydroxyl groups is 1. The summed E-state index contributed by atoms with van der Waals surface area (Å²) in [5.74, 6) is 0.352. The van der Waals surface area contributed by atoms with Gasteiger partial charge in [0.2, 0.25) is 0 Å². The van der Waals surface area contributed by atoms with Crippen LogP contribution in [0.15, 0.2) is 30.3 Å². The number of benzene rings is 2. The molecule has 0 spiro atoms. The topological polar surface area (TPSA) is 49.7 Å². The summed E-state index contributed by atoms with van der Waals surface area (Å²) in [6.07, 6.45) is 0.125. The fourth-order valence-corrected chi connectivity index (χ4v) is 3.14. The molecule has 21 heavy (non-hydrogen) atoms. The van der Waals surface area contributed by atoms with Crippen molar-refractivity contribution in [3.8, 4) is 16.9 Å². The van der Waals surface area contributed by atoms with Crippen molar-refractivity contribution >= 4 is 0 Å². The van der Waals surface area contributed by atoms with Gasteiger partial charge in [0.05, 0.1) is 12.2 Å². The maximum Gasteiger partial charge on any atom is 0.121 e. The van der Waals surface area contributed by atoms with E-state index in [-0.39, 0.29) is 6.10 Å². The molecule has 1 aliphatic rings. The first-order chi connectivity index (χ1) is 10.0. The molecule has 0 aromatic heterocycles. The van der Waals surface area contributed by atoms with Crippen LogP contribution in [0.3, 0.4) is 0 Å². The zero-order valence-electron chi connectivity index (χ0n) is 12.6. The second kappa shape index (κ2) is 5.17. The van der Waals surface area contributed by atoms with Crippen molar-refractivity contribution in [2.75, 3.05) is 7.11 Å². The molecular weight excluding hydrogens is 264 g/mol. The monoisotopic (exact) mass is 284 g/mol. The average molecular weight is 284 g/mol. The normalized spacial score (nSPS) is 20.6. The van der Waals surface area contributed by atoms with Gasteiger partial charge in [0.25, 0.3) is 0 Å². The van der Waals surface area contributed by atoms with Gasteiger partial charge in [0.15, 0.2) is 0 Å². The summed E-state index contributed by atoms with van der Waals surface area (Å²) in [6, 6.07) is 10.1. The minimum absolute atomic E-state index is 0.0470. The quantitative estimate of drug-likeness (QED) is 0.882. The van der Waals surface area contributed by atoms with E-state index < -0.39 is 6.10 Å². The Labute approximate surface area is 124 Å². The van der Waals surface area contributed by atoms with E-state index in [1.165, 1.54) is 0 Å². The highest BCUT2D eigenvalue weighted by atomic mass is 16.5. The maximum atomic E-state index is 10.1. The Morgan fingerprint density at radius 2 is 1.67 bits per heavy atom. The lowest BCUT2D eigenvalue weighted by Gasteiger charge is -2.12. The molecule has 110 valence electrons. The Kier molecular flexibility index (Phi) is 3.47. The molecule has 3 heteroatoms. The second-order valence-corrected chi connectivity index (χ2v) is 5.78. The van der Waals surface area contributed by atoms with Gasteiger partial charge < -0.3 is 14.9 Å². The summed E-state index contributed by atoms with van der Waals surface area (Å²) >= 11 is 0. The molecule has 0 heterocycles. The van der Waals surface area contributed by atoms with E-state index in [4.69, 9.17) is 4.74 Å². The maximum absolute atomic E-state index is 10.1. The van der Waals surface area contributed by atoms with Crippen LogP contribution in [0, 0.1) is 13.8 Å². The lowest BCUT2D eigenvalue weighted by atomic mass is 9.96. The largest absolute Gasteiger partial charge is 0.507 e. The van der Waals surface area contributed by atoms with Gasteiger partial charge in [-0.25, -0.2) is 0 Å². The molecule has 2 unspecified atom stereocenters. The van der Waals surface area contributed by atoms with Crippen LogP contribution in [-0.2, 0) is 4.74 Å². The van der Waals surface area contributed by atoms with Gasteiger partial charge in [0, 0.05) is 13.5 Å². The molecule has 0 saturated carbocycles. The van der Waals surface area contributed by atoms with Gasteiger partial charge in [-0.15, -0.1) is 0 Å². The van der Waals surface area contributed by atoms with Crippen LogP contribution in [0.2, 0.25) is 0 Å². The van der Waals surface area contributed by atoms with E-state index in [2.05, 4.69) is 6.07 Å². The average Bonchev–Trinajstić information content (AvgIpc) is 2.80. The third-order valence-electron chi connectivity index (χ3n) is 4.34. The van der Waals surface area contributed by atoms with E-state index in [9.17, 15) is 10.2 Å². The molecule has 3 nitrogen and oxygen atoms in total. The number of fused-ring (bicyclic) bond motifs is 1. The van der Waals surface area contributed by atoms with Crippen molar-refractivity contribution in [3.63, 3.8) is 0 Å². The fraction of sp³-hybridized carbons (Fsp3) is 0.333. The van der Waals surface area contributed by atoms with Crippen molar-refractivity contribution in [3.05, 3.63) is 52.6 Å². The molecule has 0 aliphatic heterocycles. The third kappa shape index (κ3) is 2.33. The predicted octanol–water partition coefficient (Wildman–Crippen LogP) is 3.80. The van der Waals surface area contributed by atoms with Gasteiger partial charge >= 0.3 is 0 Å². The third-order valence-corrected chi connectivity index (χ3v) is 4.34. The number of hydrogen-bond acceptors (Lipinski definition) is 3. The number of aliphatic hydroxyl groups excluding tert-OH is 1. The first-order valence-corrected chi connectivity index (χ1v) is 7.16. The summed E-state index contributed by atoms with van der Waals surface area (Å²) in [5.41, 5.74) is 5.91. The predicted molar refractivity (Wildman–Crippen MR) is 82.3 cm³/mol. The van der Waals surface area contributed by atoms with Crippen LogP contribution in [0.25, 0.3) is 11.1 Å². The van der Waals surface area contributed by atoms with Crippen LogP contribution in [0.4, 0.5) is 0 Å². The molecule has 2 atom stereocenters. The minimum atomic E-state index is -0.442.